The van der Waals surface area contributed by atoms with Gasteiger partial charge in [-0.25, -0.2) is 0 Å². The summed E-state index contributed by atoms with van der Waals surface area (Å²) >= 11 is 0. The number of carboxylic acid groups (broad SMARTS) is 1. The van der Waals surface area contributed by atoms with Gasteiger partial charge in [0.05, 0.1) is 17.6 Å². The topological polar surface area (TPSA) is 94.8 Å². The van der Waals surface area contributed by atoms with Gasteiger partial charge in [-0.05, 0) is 56.3 Å². The first kappa shape index (κ1) is 17.2. The summed E-state index contributed by atoms with van der Waals surface area (Å²) in [4.78, 5) is 25.4. The van der Waals surface area contributed by atoms with Gasteiger partial charge in [-0.15, -0.1) is 0 Å². The van der Waals surface area contributed by atoms with Crippen molar-refractivity contribution in [3.63, 3.8) is 0 Å². The number of fused-ring (bicyclic) bond motifs is 2. The van der Waals surface area contributed by atoms with Crippen LogP contribution in [-0.4, -0.2) is 39.8 Å². The summed E-state index contributed by atoms with van der Waals surface area (Å²) < 4.78 is 0. The Bertz CT molecular complexity index is 680. The number of carbonyl (C=O) groups excluding carboxylic acids is 1. The fourth-order valence-corrected chi connectivity index (χ4v) is 7.63. The highest BCUT2D eigenvalue weighted by molar-refractivity contribution is 5.90. The van der Waals surface area contributed by atoms with Crippen molar-refractivity contribution in [3.8, 4) is 0 Å². The van der Waals surface area contributed by atoms with Gasteiger partial charge in [-0.1, -0.05) is 25.5 Å². The molecule has 3 N–H and O–H groups in total. The highest BCUT2D eigenvalue weighted by atomic mass is 16.4. The third kappa shape index (κ3) is 1.51. The molecule has 7 atom stereocenters. The lowest BCUT2D eigenvalue weighted by Crippen LogP contribution is -2.64. The second-order valence-electron chi connectivity index (χ2n) is 9.43. The Labute approximate surface area is 148 Å². The number of aliphatic hydroxyl groups is 2. The summed E-state index contributed by atoms with van der Waals surface area (Å²) in [5.74, 6) is -1.35. The molecule has 4 bridgehead atoms. The molecule has 0 amide bonds. The first-order valence-electron chi connectivity index (χ1n) is 9.40. The zero-order valence-electron chi connectivity index (χ0n) is 15.2. The van der Waals surface area contributed by atoms with Crippen molar-refractivity contribution in [2.24, 2.45) is 39.9 Å². The van der Waals surface area contributed by atoms with E-state index >= 15 is 0 Å². The van der Waals surface area contributed by atoms with Crippen LogP contribution >= 0.6 is 0 Å². The van der Waals surface area contributed by atoms with E-state index in [0.29, 0.717) is 25.7 Å². The number of carbonyl (C=O) groups is 2. The third-order valence-corrected chi connectivity index (χ3v) is 8.45. The Morgan fingerprint density at radius 1 is 1.36 bits per heavy atom. The monoisotopic (exact) mass is 348 g/mol. The summed E-state index contributed by atoms with van der Waals surface area (Å²) in [6, 6.07) is 0. The molecule has 4 aliphatic carbocycles. The van der Waals surface area contributed by atoms with Crippen LogP contribution in [0, 0.1) is 39.9 Å². The molecule has 0 spiro atoms. The molecule has 0 aromatic heterocycles. The SMILES string of the molecule is CC(C)C1=C[C@@H]2C[C@]3(C=O)[C@@H]4CC[C@](C)(O)[C@H]4C[C@@]2(CO)[C@]13C(=O)O. The Balaban J connectivity index is 2.03. The van der Waals surface area contributed by atoms with Gasteiger partial charge >= 0.3 is 5.97 Å². The fraction of sp³-hybridized carbons (Fsp3) is 0.800. The molecule has 0 aromatic carbocycles. The molecule has 0 heterocycles. The first-order valence-corrected chi connectivity index (χ1v) is 9.40. The number of hydrogen-bond acceptors (Lipinski definition) is 4. The fourth-order valence-electron chi connectivity index (χ4n) is 7.63. The van der Waals surface area contributed by atoms with Gasteiger partial charge in [0, 0.05) is 5.41 Å². The highest BCUT2D eigenvalue weighted by Gasteiger charge is 2.85. The maximum Gasteiger partial charge on any atom is 0.315 e. The van der Waals surface area contributed by atoms with E-state index in [4.69, 9.17) is 0 Å². The van der Waals surface area contributed by atoms with E-state index < -0.39 is 27.8 Å². The van der Waals surface area contributed by atoms with E-state index in [-0.39, 0.29) is 30.3 Å². The molecule has 3 fully saturated rings. The maximum absolute atomic E-state index is 12.8. The van der Waals surface area contributed by atoms with Crippen LogP contribution in [0.5, 0.6) is 0 Å². The molecule has 0 radical (unpaired) electrons. The summed E-state index contributed by atoms with van der Waals surface area (Å²) in [7, 11) is 0. The number of allylic oxidation sites excluding steroid dienone is 1. The quantitative estimate of drug-likeness (QED) is 0.534. The Hall–Kier alpha value is -1.20. The van der Waals surface area contributed by atoms with Gasteiger partial charge in [0.25, 0.3) is 0 Å². The predicted octanol–water partition coefficient (Wildman–Crippen LogP) is 2.02. The smallest absolute Gasteiger partial charge is 0.315 e. The minimum Gasteiger partial charge on any atom is -0.481 e. The molecule has 4 rings (SSSR count). The van der Waals surface area contributed by atoms with Crippen LogP contribution in [0.1, 0.15) is 46.5 Å². The van der Waals surface area contributed by atoms with Crippen LogP contribution in [-0.2, 0) is 9.59 Å². The number of aliphatic hydroxyl groups excluding tert-OH is 1. The van der Waals surface area contributed by atoms with Gasteiger partial charge in [0.15, 0.2) is 0 Å². The normalized spacial score (nSPS) is 53.0. The summed E-state index contributed by atoms with van der Waals surface area (Å²) in [5.41, 5.74) is -3.33. The number of aldehydes is 1. The van der Waals surface area contributed by atoms with Crippen molar-refractivity contribution in [2.75, 3.05) is 6.61 Å². The van der Waals surface area contributed by atoms with E-state index in [0.717, 1.165) is 11.9 Å². The molecule has 0 aliphatic heterocycles. The van der Waals surface area contributed by atoms with E-state index in [9.17, 15) is 24.9 Å². The van der Waals surface area contributed by atoms with E-state index in [1.165, 1.54) is 0 Å². The van der Waals surface area contributed by atoms with Crippen molar-refractivity contribution in [1.29, 1.82) is 0 Å². The number of hydrogen-bond donors (Lipinski definition) is 3. The lowest BCUT2D eigenvalue weighted by molar-refractivity contribution is -0.189. The van der Waals surface area contributed by atoms with Crippen molar-refractivity contribution < 1.29 is 24.9 Å². The van der Waals surface area contributed by atoms with E-state index in [1.807, 2.05) is 19.9 Å². The van der Waals surface area contributed by atoms with Crippen molar-refractivity contribution >= 4 is 12.3 Å². The lowest BCUT2D eigenvalue weighted by Gasteiger charge is -2.58. The molecule has 5 heteroatoms. The van der Waals surface area contributed by atoms with Gasteiger partial charge < -0.3 is 20.1 Å². The summed E-state index contributed by atoms with van der Waals surface area (Å²) in [5, 5.41) is 31.9. The largest absolute Gasteiger partial charge is 0.481 e. The molecule has 4 aliphatic rings. The number of rotatable bonds is 4. The van der Waals surface area contributed by atoms with Crippen LogP contribution < -0.4 is 0 Å². The minimum absolute atomic E-state index is 0.00473. The van der Waals surface area contributed by atoms with Crippen LogP contribution in [0.4, 0.5) is 0 Å². The Morgan fingerprint density at radius 2 is 2.04 bits per heavy atom. The van der Waals surface area contributed by atoms with Crippen LogP contribution in [0.2, 0.25) is 0 Å². The van der Waals surface area contributed by atoms with E-state index in [2.05, 4.69) is 0 Å². The average Bonchev–Trinajstić information content (AvgIpc) is 3.08. The first-order chi connectivity index (χ1) is 11.6. The van der Waals surface area contributed by atoms with Gasteiger partial charge in [-0.2, -0.15) is 0 Å². The molecule has 0 unspecified atom stereocenters. The zero-order valence-corrected chi connectivity index (χ0v) is 15.2. The number of aliphatic carboxylic acids is 1. The Kier molecular flexibility index (Phi) is 3.27. The summed E-state index contributed by atoms with van der Waals surface area (Å²) in [6.07, 6.45) is 5.13. The maximum atomic E-state index is 12.8. The molecular weight excluding hydrogens is 320 g/mol. The predicted molar refractivity (Wildman–Crippen MR) is 90.6 cm³/mol. The Morgan fingerprint density at radius 3 is 2.56 bits per heavy atom. The molecule has 0 saturated heterocycles. The second-order valence-corrected chi connectivity index (χ2v) is 9.43. The summed E-state index contributed by atoms with van der Waals surface area (Å²) in [6.45, 7) is 5.49. The van der Waals surface area contributed by atoms with Crippen molar-refractivity contribution in [3.05, 3.63) is 11.6 Å². The molecule has 3 saturated carbocycles. The highest BCUT2D eigenvalue weighted by Crippen LogP contribution is 2.82. The van der Waals surface area contributed by atoms with Crippen molar-refractivity contribution in [1.82, 2.24) is 0 Å². The van der Waals surface area contributed by atoms with Gasteiger partial charge in [0.1, 0.15) is 11.7 Å². The van der Waals surface area contributed by atoms with Crippen LogP contribution in [0.3, 0.4) is 0 Å². The van der Waals surface area contributed by atoms with Gasteiger partial charge in [-0.3, -0.25) is 4.79 Å². The third-order valence-electron chi connectivity index (χ3n) is 8.45. The average molecular weight is 348 g/mol. The van der Waals surface area contributed by atoms with Crippen LogP contribution in [0.25, 0.3) is 0 Å². The molecular formula is C20H28O5. The number of carboxylic acids is 1. The van der Waals surface area contributed by atoms with Crippen molar-refractivity contribution in [2.45, 2.75) is 52.1 Å². The molecule has 25 heavy (non-hydrogen) atoms. The lowest BCUT2D eigenvalue weighted by atomic mass is 9.42. The minimum atomic E-state index is -1.34. The zero-order chi connectivity index (χ0) is 18.4. The van der Waals surface area contributed by atoms with Crippen LogP contribution in [0.15, 0.2) is 11.6 Å². The standard InChI is InChI=1S/C20H28O5/c1-11(2)14-6-12-7-19(10-22)13-4-5-17(3,25)15(13)8-18(12,9-21)20(14,19)16(23)24/h6,10-13,15,21,25H,4-5,7-9H2,1-3H3,(H,23,24)/t12-,13-,15+,17+,18+,19+,20-/m1/s1. The van der Waals surface area contributed by atoms with E-state index in [1.54, 1.807) is 6.92 Å². The second kappa shape index (κ2) is 4.74. The molecule has 5 nitrogen and oxygen atoms in total. The van der Waals surface area contributed by atoms with Gasteiger partial charge in [0.2, 0.25) is 0 Å². The molecule has 138 valence electrons. The molecule has 0 aromatic rings.